The molecule has 0 saturated heterocycles. The Labute approximate surface area is 79.1 Å². The Kier molecular flexibility index (Phi) is 2.70. The molecule has 0 unspecified atom stereocenters. The summed E-state index contributed by atoms with van der Waals surface area (Å²) < 4.78 is 0.746. The van der Waals surface area contributed by atoms with Crippen molar-refractivity contribution in [2.24, 2.45) is 0 Å². The van der Waals surface area contributed by atoms with Gasteiger partial charge in [-0.1, -0.05) is 0 Å². The first-order valence-electron chi connectivity index (χ1n) is 3.42. The van der Waals surface area contributed by atoms with E-state index in [0.717, 1.165) is 4.47 Å². The molecule has 0 fully saturated rings. The molecule has 1 amide bonds. The number of anilines is 1. The fraction of sp³-hybridized carbons (Fsp3) is 0.125. The van der Waals surface area contributed by atoms with Crippen LogP contribution in [-0.2, 0) is 0 Å². The van der Waals surface area contributed by atoms with Gasteiger partial charge in [-0.25, -0.2) is 0 Å². The Morgan fingerprint density at radius 1 is 1.58 bits per heavy atom. The van der Waals surface area contributed by atoms with Gasteiger partial charge in [0, 0.05) is 17.2 Å². The lowest BCUT2D eigenvalue weighted by atomic mass is 10.2. The molecule has 0 aromatic heterocycles. The summed E-state index contributed by atoms with van der Waals surface area (Å²) in [6, 6.07) is 5.11. The van der Waals surface area contributed by atoms with Crippen molar-refractivity contribution in [1.29, 1.82) is 0 Å². The number of hydrogen-bond acceptors (Lipinski definition) is 2. The summed E-state index contributed by atoms with van der Waals surface area (Å²) >= 11 is 3.26. The molecule has 4 heteroatoms. The molecule has 12 heavy (non-hydrogen) atoms. The highest BCUT2D eigenvalue weighted by Crippen LogP contribution is 2.18. The van der Waals surface area contributed by atoms with Crippen molar-refractivity contribution in [3.8, 4) is 0 Å². The van der Waals surface area contributed by atoms with E-state index in [-0.39, 0.29) is 5.91 Å². The van der Waals surface area contributed by atoms with E-state index in [1.165, 1.54) is 0 Å². The van der Waals surface area contributed by atoms with Gasteiger partial charge >= 0.3 is 0 Å². The third-order valence-corrected chi connectivity index (χ3v) is 2.15. The zero-order valence-electron chi connectivity index (χ0n) is 6.60. The first-order chi connectivity index (χ1) is 5.65. The van der Waals surface area contributed by atoms with Gasteiger partial charge in [-0.2, -0.15) is 0 Å². The first kappa shape index (κ1) is 9.06. The fourth-order valence-corrected chi connectivity index (χ4v) is 1.28. The van der Waals surface area contributed by atoms with Crippen LogP contribution in [0.15, 0.2) is 22.7 Å². The minimum Gasteiger partial charge on any atom is -0.399 e. The molecule has 3 N–H and O–H groups in total. The SMILES string of the molecule is CNC(=O)c1cc(N)ccc1Br. The van der Waals surface area contributed by atoms with Crippen LogP contribution >= 0.6 is 15.9 Å². The van der Waals surface area contributed by atoms with Gasteiger partial charge in [0.25, 0.3) is 5.91 Å². The molecule has 0 radical (unpaired) electrons. The Morgan fingerprint density at radius 2 is 2.25 bits per heavy atom. The zero-order valence-corrected chi connectivity index (χ0v) is 8.18. The van der Waals surface area contributed by atoms with Crippen molar-refractivity contribution in [1.82, 2.24) is 5.32 Å². The van der Waals surface area contributed by atoms with Gasteiger partial charge in [0.05, 0.1) is 5.56 Å². The predicted octanol–water partition coefficient (Wildman–Crippen LogP) is 1.39. The number of nitrogens with one attached hydrogen (secondary N) is 1. The lowest BCUT2D eigenvalue weighted by Gasteiger charge is -2.03. The van der Waals surface area contributed by atoms with Crippen LogP contribution in [-0.4, -0.2) is 13.0 Å². The molecule has 0 heterocycles. The monoisotopic (exact) mass is 228 g/mol. The normalized spacial score (nSPS) is 9.50. The summed E-state index contributed by atoms with van der Waals surface area (Å²) in [5.74, 6) is -0.144. The lowest BCUT2D eigenvalue weighted by molar-refractivity contribution is 0.0962. The fourth-order valence-electron chi connectivity index (χ4n) is 0.852. The molecule has 3 nitrogen and oxygen atoms in total. The Hall–Kier alpha value is -1.03. The molecule has 0 saturated carbocycles. The van der Waals surface area contributed by atoms with Crippen LogP contribution < -0.4 is 11.1 Å². The van der Waals surface area contributed by atoms with Gasteiger partial charge in [0.15, 0.2) is 0 Å². The maximum absolute atomic E-state index is 11.2. The van der Waals surface area contributed by atoms with Crippen LogP contribution in [0.25, 0.3) is 0 Å². The van der Waals surface area contributed by atoms with Gasteiger partial charge in [0.1, 0.15) is 0 Å². The zero-order chi connectivity index (χ0) is 9.14. The molecule has 0 atom stereocenters. The quantitative estimate of drug-likeness (QED) is 0.715. The van der Waals surface area contributed by atoms with Crippen LogP contribution in [0.3, 0.4) is 0 Å². The highest BCUT2D eigenvalue weighted by molar-refractivity contribution is 9.10. The van der Waals surface area contributed by atoms with E-state index >= 15 is 0 Å². The van der Waals surface area contributed by atoms with Crippen LogP contribution in [0.5, 0.6) is 0 Å². The van der Waals surface area contributed by atoms with Gasteiger partial charge < -0.3 is 11.1 Å². The average molecular weight is 229 g/mol. The smallest absolute Gasteiger partial charge is 0.252 e. The third kappa shape index (κ3) is 1.76. The highest BCUT2D eigenvalue weighted by atomic mass is 79.9. The molecule has 64 valence electrons. The Balaban J connectivity index is 3.13. The van der Waals surface area contributed by atoms with E-state index in [1.54, 1.807) is 25.2 Å². The highest BCUT2D eigenvalue weighted by Gasteiger charge is 2.07. The number of nitrogens with two attached hydrogens (primary N) is 1. The number of carbonyl (C=O) groups excluding carboxylic acids is 1. The number of amides is 1. The van der Waals surface area contributed by atoms with Crippen LogP contribution in [0, 0.1) is 0 Å². The summed E-state index contributed by atoms with van der Waals surface area (Å²) in [7, 11) is 1.58. The minimum absolute atomic E-state index is 0.144. The van der Waals surface area contributed by atoms with E-state index in [4.69, 9.17) is 5.73 Å². The maximum atomic E-state index is 11.2. The van der Waals surface area contributed by atoms with Gasteiger partial charge in [0.2, 0.25) is 0 Å². The van der Waals surface area contributed by atoms with Gasteiger partial charge in [-0.05, 0) is 34.1 Å². The molecule has 0 bridgehead atoms. The number of rotatable bonds is 1. The summed E-state index contributed by atoms with van der Waals surface area (Å²) in [4.78, 5) is 11.2. The van der Waals surface area contributed by atoms with Crippen molar-refractivity contribution >= 4 is 27.5 Å². The van der Waals surface area contributed by atoms with Crippen LogP contribution in [0.4, 0.5) is 5.69 Å². The Bertz CT molecular complexity index is 312. The van der Waals surface area contributed by atoms with E-state index in [9.17, 15) is 4.79 Å². The second kappa shape index (κ2) is 3.58. The number of carbonyl (C=O) groups is 1. The second-order valence-electron chi connectivity index (χ2n) is 2.32. The van der Waals surface area contributed by atoms with E-state index in [1.807, 2.05) is 0 Å². The third-order valence-electron chi connectivity index (χ3n) is 1.46. The number of nitrogen functional groups attached to an aromatic ring is 1. The average Bonchev–Trinajstić information content (AvgIpc) is 2.08. The molecule has 1 rings (SSSR count). The molecule has 0 aliphatic rings. The van der Waals surface area contributed by atoms with Gasteiger partial charge in [-0.15, -0.1) is 0 Å². The largest absolute Gasteiger partial charge is 0.399 e. The summed E-state index contributed by atoms with van der Waals surface area (Å²) in [5, 5.41) is 2.52. The number of halogens is 1. The molecular weight excluding hydrogens is 220 g/mol. The molecule has 1 aromatic carbocycles. The molecule has 0 spiro atoms. The second-order valence-corrected chi connectivity index (χ2v) is 3.17. The van der Waals surface area contributed by atoms with Crippen molar-refractivity contribution < 1.29 is 4.79 Å². The lowest BCUT2D eigenvalue weighted by Crippen LogP contribution is -2.18. The standard InChI is InChI=1S/C8H9BrN2O/c1-11-8(12)6-4-5(10)2-3-7(6)9/h2-4H,10H2,1H3,(H,11,12). The molecular formula is C8H9BrN2O. The summed E-state index contributed by atoms with van der Waals surface area (Å²) in [6.45, 7) is 0. The van der Waals surface area contributed by atoms with Crippen LogP contribution in [0.1, 0.15) is 10.4 Å². The number of hydrogen-bond donors (Lipinski definition) is 2. The number of benzene rings is 1. The molecule has 0 aliphatic carbocycles. The maximum Gasteiger partial charge on any atom is 0.252 e. The minimum atomic E-state index is -0.144. The van der Waals surface area contributed by atoms with E-state index in [0.29, 0.717) is 11.3 Å². The summed E-state index contributed by atoms with van der Waals surface area (Å²) in [6.07, 6.45) is 0. The van der Waals surface area contributed by atoms with Crippen molar-refractivity contribution in [3.63, 3.8) is 0 Å². The van der Waals surface area contributed by atoms with Crippen LogP contribution in [0.2, 0.25) is 0 Å². The van der Waals surface area contributed by atoms with Gasteiger partial charge in [-0.3, -0.25) is 4.79 Å². The first-order valence-corrected chi connectivity index (χ1v) is 4.21. The molecule has 0 aliphatic heterocycles. The predicted molar refractivity (Wildman–Crippen MR) is 51.9 cm³/mol. The Morgan fingerprint density at radius 3 is 2.83 bits per heavy atom. The van der Waals surface area contributed by atoms with Crippen molar-refractivity contribution in [2.45, 2.75) is 0 Å². The van der Waals surface area contributed by atoms with E-state index < -0.39 is 0 Å². The topological polar surface area (TPSA) is 55.1 Å². The summed E-state index contributed by atoms with van der Waals surface area (Å²) in [5.41, 5.74) is 6.65. The molecule has 1 aromatic rings. The van der Waals surface area contributed by atoms with E-state index in [2.05, 4.69) is 21.2 Å². The van der Waals surface area contributed by atoms with Crippen molar-refractivity contribution in [3.05, 3.63) is 28.2 Å². The van der Waals surface area contributed by atoms with Crippen molar-refractivity contribution in [2.75, 3.05) is 12.8 Å².